The zero-order chi connectivity index (χ0) is 17.7. The molecule has 0 saturated carbocycles. The van der Waals surface area contributed by atoms with Crippen LogP contribution in [0, 0.1) is 0 Å². The Bertz CT molecular complexity index is 665. The van der Waals surface area contributed by atoms with Gasteiger partial charge in [0.25, 0.3) is 0 Å². The molecule has 1 amide bonds. The first kappa shape index (κ1) is 18.8. The minimum absolute atomic E-state index is 0.0466. The zero-order valence-electron chi connectivity index (χ0n) is 14.9. The maximum absolute atomic E-state index is 12.4. The lowest BCUT2D eigenvalue weighted by atomic mass is 10.0. The van der Waals surface area contributed by atoms with Crippen LogP contribution in [0.4, 0.5) is 5.69 Å². The minimum atomic E-state index is -3.44. The fourth-order valence-corrected chi connectivity index (χ4v) is 4.11. The van der Waals surface area contributed by atoms with E-state index < -0.39 is 10.0 Å². The summed E-state index contributed by atoms with van der Waals surface area (Å²) in [5.41, 5.74) is 1.66. The van der Waals surface area contributed by atoms with Gasteiger partial charge in [0.15, 0.2) is 0 Å². The Hall–Kier alpha value is -1.56. The van der Waals surface area contributed by atoms with Crippen LogP contribution in [-0.4, -0.2) is 45.1 Å². The number of piperidine rings is 1. The van der Waals surface area contributed by atoms with E-state index in [9.17, 15) is 13.2 Å². The van der Waals surface area contributed by atoms with E-state index in [2.05, 4.69) is 0 Å². The molecule has 1 aromatic rings. The number of carbonyl (C=O) groups excluding carboxylic acids is 1. The molecule has 1 heterocycles. The van der Waals surface area contributed by atoms with Gasteiger partial charge < -0.3 is 4.90 Å². The van der Waals surface area contributed by atoms with Crippen LogP contribution in [0.2, 0.25) is 0 Å². The molecule has 1 aromatic carbocycles. The molecule has 134 valence electrons. The number of rotatable bonds is 6. The molecule has 1 fully saturated rings. The number of anilines is 1. The Morgan fingerprint density at radius 2 is 1.79 bits per heavy atom. The molecule has 1 aliphatic heterocycles. The number of hydrogen-bond acceptors (Lipinski definition) is 3. The van der Waals surface area contributed by atoms with Crippen LogP contribution in [-0.2, 0) is 14.8 Å². The van der Waals surface area contributed by atoms with Gasteiger partial charge in [0.05, 0.1) is 11.9 Å². The monoisotopic (exact) mass is 352 g/mol. The van der Waals surface area contributed by atoms with Crippen LogP contribution in [0.3, 0.4) is 0 Å². The molecule has 1 aliphatic rings. The summed E-state index contributed by atoms with van der Waals surface area (Å²) in [5, 5.41) is 0. The minimum Gasteiger partial charge on any atom is -0.343 e. The van der Waals surface area contributed by atoms with E-state index in [4.69, 9.17) is 0 Å². The van der Waals surface area contributed by atoms with Gasteiger partial charge in [0.2, 0.25) is 15.9 Å². The highest BCUT2D eigenvalue weighted by atomic mass is 32.2. The number of amides is 1. The quantitative estimate of drug-likeness (QED) is 0.791. The number of likely N-dealkylation sites (tertiary alicyclic amines) is 1. The molecular weight excluding hydrogens is 324 g/mol. The molecule has 0 spiro atoms. The van der Waals surface area contributed by atoms with Crippen LogP contribution >= 0.6 is 0 Å². The highest BCUT2D eigenvalue weighted by Crippen LogP contribution is 2.29. The van der Waals surface area contributed by atoms with Gasteiger partial charge in [-0.2, -0.15) is 0 Å². The van der Waals surface area contributed by atoms with Crippen LogP contribution in [0.15, 0.2) is 24.3 Å². The van der Waals surface area contributed by atoms with Crippen LogP contribution in [0.5, 0.6) is 0 Å². The van der Waals surface area contributed by atoms with E-state index in [1.54, 1.807) is 0 Å². The summed E-state index contributed by atoms with van der Waals surface area (Å²) < 4.78 is 26.0. The standard InChI is InChI=1S/C18H28N2O3S/c1-15(2)16-9-5-6-10-17(16)20(24(3,22)23)14-11-18(21)19-12-7-4-8-13-19/h5-6,9-10,15H,4,7-8,11-14H2,1-3H3. The van der Waals surface area contributed by atoms with E-state index in [0.717, 1.165) is 31.5 Å². The van der Waals surface area contributed by atoms with E-state index in [0.29, 0.717) is 5.69 Å². The number of hydrogen-bond donors (Lipinski definition) is 0. The zero-order valence-corrected chi connectivity index (χ0v) is 15.7. The molecule has 6 heteroatoms. The van der Waals surface area contributed by atoms with Gasteiger partial charge in [-0.25, -0.2) is 8.42 Å². The summed E-state index contributed by atoms with van der Waals surface area (Å²) >= 11 is 0. The van der Waals surface area contributed by atoms with Gasteiger partial charge in [0, 0.05) is 26.1 Å². The maximum Gasteiger partial charge on any atom is 0.232 e. The average Bonchev–Trinajstić information content (AvgIpc) is 2.54. The second-order valence-electron chi connectivity index (χ2n) is 6.74. The molecule has 0 aliphatic carbocycles. The third-order valence-corrected chi connectivity index (χ3v) is 5.65. The first-order valence-corrected chi connectivity index (χ1v) is 10.5. The molecule has 0 unspecified atom stereocenters. The molecule has 2 rings (SSSR count). The van der Waals surface area contributed by atoms with Crippen molar-refractivity contribution in [2.45, 2.75) is 45.4 Å². The first-order chi connectivity index (χ1) is 11.3. The molecule has 1 saturated heterocycles. The van der Waals surface area contributed by atoms with Gasteiger partial charge >= 0.3 is 0 Å². The molecule has 0 radical (unpaired) electrons. The maximum atomic E-state index is 12.4. The van der Waals surface area contributed by atoms with E-state index >= 15 is 0 Å². The molecule has 0 N–H and O–H groups in total. The normalized spacial score (nSPS) is 15.6. The fraction of sp³-hybridized carbons (Fsp3) is 0.611. The summed E-state index contributed by atoms with van der Waals surface area (Å²) in [6.07, 6.45) is 4.67. The van der Waals surface area contributed by atoms with Crippen LogP contribution in [0.25, 0.3) is 0 Å². The third-order valence-electron chi connectivity index (χ3n) is 4.47. The lowest BCUT2D eigenvalue weighted by Gasteiger charge is -2.29. The number of para-hydroxylation sites is 1. The van der Waals surface area contributed by atoms with Gasteiger partial charge in [-0.3, -0.25) is 9.10 Å². The molecule has 0 atom stereocenters. The predicted molar refractivity (Wildman–Crippen MR) is 97.8 cm³/mol. The molecule has 5 nitrogen and oxygen atoms in total. The lowest BCUT2D eigenvalue weighted by molar-refractivity contribution is -0.131. The molecular formula is C18H28N2O3S. The van der Waals surface area contributed by atoms with Crippen molar-refractivity contribution in [2.24, 2.45) is 0 Å². The van der Waals surface area contributed by atoms with E-state index in [1.165, 1.54) is 17.0 Å². The van der Waals surface area contributed by atoms with Crippen molar-refractivity contribution in [3.8, 4) is 0 Å². The van der Waals surface area contributed by atoms with Crippen molar-refractivity contribution in [2.75, 3.05) is 30.2 Å². The van der Waals surface area contributed by atoms with Crippen molar-refractivity contribution in [1.82, 2.24) is 4.90 Å². The Morgan fingerprint density at radius 3 is 2.38 bits per heavy atom. The molecule has 0 aromatic heterocycles. The van der Waals surface area contributed by atoms with Gasteiger partial charge in [-0.05, 0) is 36.8 Å². The SMILES string of the molecule is CC(C)c1ccccc1N(CCC(=O)N1CCCCC1)S(C)(=O)=O. The summed E-state index contributed by atoms with van der Waals surface area (Å²) in [6.45, 7) is 5.86. The highest BCUT2D eigenvalue weighted by Gasteiger charge is 2.24. The van der Waals surface area contributed by atoms with E-state index in [1.807, 2.05) is 43.0 Å². The molecule has 24 heavy (non-hydrogen) atoms. The Morgan fingerprint density at radius 1 is 1.17 bits per heavy atom. The number of benzene rings is 1. The number of carbonyl (C=O) groups is 1. The van der Waals surface area contributed by atoms with Gasteiger partial charge in [-0.1, -0.05) is 32.0 Å². The second-order valence-corrected chi connectivity index (χ2v) is 8.65. The third kappa shape index (κ3) is 4.72. The van der Waals surface area contributed by atoms with E-state index in [-0.39, 0.29) is 24.8 Å². The average molecular weight is 353 g/mol. The number of nitrogens with zero attached hydrogens (tertiary/aromatic N) is 2. The Labute approximate surface area is 145 Å². The first-order valence-electron chi connectivity index (χ1n) is 8.65. The van der Waals surface area contributed by atoms with Crippen molar-refractivity contribution >= 4 is 21.6 Å². The van der Waals surface area contributed by atoms with Gasteiger partial charge in [0.1, 0.15) is 0 Å². The topological polar surface area (TPSA) is 57.7 Å². The van der Waals surface area contributed by atoms with Crippen LogP contribution in [0.1, 0.15) is 51.0 Å². The largest absolute Gasteiger partial charge is 0.343 e. The second kappa shape index (κ2) is 8.01. The van der Waals surface area contributed by atoms with Crippen LogP contribution < -0.4 is 4.31 Å². The molecule has 0 bridgehead atoms. The highest BCUT2D eigenvalue weighted by molar-refractivity contribution is 7.92. The Kier molecular flexibility index (Phi) is 6.27. The van der Waals surface area contributed by atoms with Crippen molar-refractivity contribution in [3.63, 3.8) is 0 Å². The van der Waals surface area contributed by atoms with Crippen molar-refractivity contribution in [1.29, 1.82) is 0 Å². The summed E-state index contributed by atoms with van der Waals surface area (Å²) in [7, 11) is -3.44. The summed E-state index contributed by atoms with van der Waals surface area (Å²) in [6, 6.07) is 7.52. The summed E-state index contributed by atoms with van der Waals surface area (Å²) in [4.78, 5) is 14.2. The number of sulfonamides is 1. The Balaban J connectivity index is 2.17. The van der Waals surface area contributed by atoms with Crippen molar-refractivity contribution in [3.05, 3.63) is 29.8 Å². The predicted octanol–water partition coefficient (Wildman–Crippen LogP) is 2.98. The van der Waals surface area contributed by atoms with Crippen molar-refractivity contribution < 1.29 is 13.2 Å². The van der Waals surface area contributed by atoms with Gasteiger partial charge in [-0.15, -0.1) is 0 Å². The summed E-state index contributed by atoms with van der Waals surface area (Å²) in [5.74, 6) is 0.258. The fourth-order valence-electron chi connectivity index (χ4n) is 3.17. The smallest absolute Gasteiger partial charge is 0.232 e. The lowest BCUT2D eigenvalue weighted by Crippen LogP contribution is -2.39.